The second kappa shape index (κ2) is 7.13. The fraction of sp³-hybridized carbons (Fsp3) is 0.412. The highest BCUT2D eigenvalue weighted by Crippen LogP contribution is 2.20. The molecule has 1 atom stereocenters. The Morgan fingerprint density at radius 1 is 1.42 bits per heavy atom. The molecule has 126 valence electrons. The zero-order valence-electron chi connectivity index (χ0n) is 14.2. The summed E-state index contributed by atoms with van der Waals surface area (Å²) in [6, 6.07) is 9.13. The van der Waals surface area contributed by atoms with Crippen molar-refractivity contribution in [2.75, 3.05) is 6.61 Å². The molecule has 7 nitrogen and oxygen atoms in total. The molecule has 7 heteroatoms. The minimum Gasteiger partial charge on any atom is -0.484 e. The summed E-state index contributed by atoms with van der Waals surface area (Å²) in [5, 5.41) is 15.7. The van der Waals surface area contributed by atoms with Crippen molar-refractivity contribution in [3.8, 4) is 23.2 Å². The van der Waals surface area contributed by atoms with Crippen molar-refractivity contribution in [3.05, 3.63) is 30.2 Å². The van der Waals surface area contributed by atoms with Crippen LogP contribution in [0.1, 0.15) is 26.7 Å². The van der Waals surface area contributed by atoms with Crippen LogP contribution in [-0.2, 0) is 4.79 Å². The first-order chi connectivity index (χ1) is 11.3. The number of benzene rings is 1. The van der Waals surface area contributed by atoms with Crippen LogP contribution in [0.3, 0.4) is 0 Å². The topological polar surface area (TPSA) is 101 Å². The Morgan fingerprint density at radius 2 is 2.08 bits per heavy atom. The minimum atomic E-state index is -0.916. The number of amides is 1. The van der Waals surface area contributed by atoms with Gasteiger partial charge < -0.3 is 14.6 Å². The summed E-state index contributed by atoms with van der Waals surface area (Å²) in [7, 11) is 0. The van der Waals surface area contributed by atoms with Crippen molar-refractivity contribution in [3.63, 3.8) is 0 Å². The number of aryl methyl sites for hydroxylation is 1. The maximum atomic E-state index is 12.0. The molecule has 24 heavy (non-hydrogen) atoms. The monoisotopic (exact) mass is 328 g/mol. The van der Waals surface area contributed by atoms with E-state index in [0.29, 0.717) is 17.5 Å². The van der Waals surface area contributed by atoms with Crippen molar-refractivity contribution in [2.45, 2.75) is 33.2 Å². The highest BCUT2D eigenvalue weighted by molar-refractivity contribution is 5.78. The summed E-state index contributed by atoms with van der Waals surface area (Å²) < 4.78 is 10.4. The van der Waals surface area contributed by atoms with E-state index in [1.807, 2.05) is 13.8 Å². The minimum absolute atomic E-state index is 0.0100. The molecule has 0 saturated heterocycles. The number of carbonyl (C=O) groups is 1. The first-order valence-corrected chi connectivity index (χ1v) is 7.60. The van der Waals surface area contributed by atoms with Crippen LogP contribution in [0.5, 0.6) is 5.75 Å². The molecular weight excluding hydrogens is 308 g/mol. The first-order valence-electron chi connectivity index (χ1n) is 7.60. The fourth-order valence-electron chi connectivity index (χ4n) is 1.89. The molecule has 1 aromatic carbocycles. The molecule has 0 radical (unpaired) electrons. The first kappa shape index (κ1) is 17.5. The van der Waals surface area contributed by atoms with Crippen molar-refractivity contribution >= 4 is 5.91 Å². The van der Waals surface area contributed by atoms with Gasteiger partial charge in [-0.2, -0.15) is 10.2 Å². The predicted octanol–water partition coefficient (Wildman–Crippen LogP) is 2.48. The van der Waals surface area contributed by atoms with Gasteiger partial charge in [0, 0.05) is 12.5 Å². The molecule has 0 fully saturated rings. The molecule has 1 heterocycles. The Hall–Kier alpha value is -2.88. The Bertz CT molecular complexity index is 746. The average molecular weight is 328 g/mol. The number of nitriles is 1. The van der Waals surface area contributed by atoms with Crippen LogP contribution in [0.25, 0.3) is 11.4 Å². The van der Waals surface area contributed by atoms with E-state index in [-0.39, 0.29) is 18.4 Å². The molecule has 0 aliphatic heterocycles. The lowest BCUT2D eigenvalue weighted by Gasteiger charge is -2.27. The number of nitrogens with one attached hydrogen (secondary N) is 1. The van der Waals surface area contributed by atoms with E-state index in [1.165, 1.54) is 0 Å². The Kier molecular flexibility index (Phi) is 5.19. The standard InChI is InChI=1S/C17H20N4O3/c1-11(2)17(4,10-18)20-15(22)9-23-14-7-5-13(6-8-14)16-19-12(3)24-21-16/h5-8,11H,9H2,1-4H3,(H,20,22)/t17-/m1/s1. The Morgan fingerprint density at radius 3 is 2.58 bits per heavy atom. The largest absolute Gasteiger partial charge is 0.484 e. The Balaban J connectivity index is 1.93. The molecule has 1 aromatic heterocycles. The van der Waals surface area contributed by atoms with Crippen LogP contribution in [0, 0.1) is 24.2 Å². The van der Waals surface area contributed by atoms with Gasteiger partial charge in [-0.15, -0.1) is 0 Å². The maximum absolute atomic E-state index is 12.0. The zero-order chi connectivity index (χ0) is 17.7. The normalized spacial score (nSPS) is 13.2. The summed E-state index contributed by atoms with van der Waals surface area (Å²) >= 11 is 0. The van der Waals surface area contributed by atoms with Gasteiger partial charge in [-0.3, -0.25) is 4.79 Å². The van der Waals surface area contributed by atoms with Crippen LogP contribution in [0.2, 0.25) is 0 Å². The summed E-state index contributed by atoms with van der Waals surface area (Å²) in [6.45, 7) is 7.01. The molecule has 0 unspecified atom stereocenters. The SMILES string of the molecule is Cc1nc(-c2ccc(OCC(=O)N[C@](C)(C#N)C(C)C)cc2)no1. The lowest BCUT2D eigenvalue weighted by atomic mass is 9.90. The van der Waals surface area contributed by atoms with Gasteiger partial charge >= 0.3 is 0 Å². The molecule has 0 aliphatic rings. The van der Waals surface area contributed by atoms with Gasteiger partial charge in [0.1, 0.15) is 11.3 Å². The lowest BCUT2D eigenvalue weighted by Crippen LogP contribution is -2.50. The third-order valence-electron chi connectivity index (χ3n) is 3.80. The average Bonchev–Trinajstić information content (AvgIpc) is 2.99. The third-order valence-corrected chi connectivity index (χ3v) is 3.80. The molecule has 0 spiro atoms. The van der Waals surface area contributed by atoms with E-state index in [2.05, 4.69) is 21.5 Å². The number of hydrogen-bond donors (Lipinski definition) is 1. The van der Waals surface area contributed by atoms with Crippen LogP contribution in [-0.4, -0.2) is 28.2 Å². The van der Waals surface area contributed by atoms with Gasteiger partial charge in [-0.1, -0.05) is 19.0 Å². The molecule has 1 N–H and O–H groups in total. The van der Waals surface area contributed by atoms with E-state index >= 15 is 0 Å². The molecule has 0 aliphatic carbocycles. The van der Waals surface area contributed by atoms with Crippen molar-refractivity contribution in [2.24, 2.45) is 5.92 Å². The van der Waals surface area contributed by atoms with Crippen LogP contribution < -0.4 is 10.1 Å². The number of carbonyl (C=O) groups excluding carboxylic acids is 1. The summed E-state index contributed by atoms with van der Waals surface area (Å²) in [5.74, 6) is 1.18. The zero-order valence-corrected chi connectivity index (χ0v) is 14.2. The number of rotatable bonds is 6. The second-order valence-electron chi connectivity index (χ2n) is 5.97. The fourth-order valence-corrected chi connectivity index (χ4v) is 1.89. The third kappa shape index (κ3) is 4.10. The molecule has 0 bridgehead atoms. The number of aromatic nitrogens is 2. The van der Waals surface area contributed by atoms with Gasteiger partial charge in [-0.25, -0.2) is 0 Å². The number of nitrogens with zero attached hydrogens (tertiary/aromatic N) is 3. The van der Waals surface area contributed by atoms with E-state index in [1.54, 1.807) is 38.1 Å². The maximum Gasteiger partial charge on any atom is 0.259 e. The quantitative estimate of drug-likeness (QED) is 0.874. The van der Waals surface area contributed by atoms with Gasteiger partial charge in [0.2, 0.25) is 11.7 Å². The van der Waals surface area contributed by atoms with Gasteiger partial charge in [-0.05, 0) is 37.1 Å². The smallest absolute Gasteiger partial charge is 0.259 e. The van der Waals surface area contributed by atoms with E-state index in [4.69, 9.17) is 9.26 Å². The highest BCUT2D eigenvalue weighted by Gasteiger charge is 2.29. The lowest BCUT2D eigenvalue weighted by molar-refractivity contribution is -0.124. The molecule has 1 amide bonds. The van der Waals surface area contributed by atoms with Crippen LogP contribution >= 0.6 is 0 Å². The number of ether oxygens (including phenoxy) is 1. The van der Waals surface area contributed by atoms with E-state index < -0.39 is 5.54 Å². The van der Waals surface area contributed by atoms with Gasteiger partial charge in [0.25, 0.3) is 5.91 Å². The van der Waals surface area contributed by atoms with E-state index in [0.717, 1.165) is 5.56 Å². The van der Waals surface area contributed by atoms with Gasteiger partial charge in [0.15, 0.2) is 6.61 Å². The van der Waals surface area contributed by atoms with Crippen molar-refractivity contribution in [1.29, 1.82) is 5.26 Å². The summed E-state index contributed by atoms with van der Waals surface area (Å²) in [5.41, 5.74) is -0.124. The molecular formula is C17H20N4O3. The molecule has 2 rings (SSSR count). The summed E-state index contributed by atoms with van der Waals surface area (Å²) in [4.78, 5) is 16.1. The summed E-state index contributed by atoms with van der Waals surface area (Å²) in [6.07, 6.45) is 0. The van der Waals surface area contributed by atoms with Crippen LogP contribution in [0.15, 0.2) is 28.8 Å². The predicted molar refractivity (Wildman–Crippen MR) is 87.0 cm³/mol. The Labute approximate surface area is 140 Å². The number of hydrogen-bond acceptors (Lipinski definition) is 6. The van der Waals surface area contributed by atoms with Crippen LogP contribution in [0.4, 0.5) is 0 Å². The van der Waals surface area contributed by atoms with Gasteiger partial charge in [0.05, 0.1) is 6.07 Å². The second-order valence-corrected chi connectivity index (χ2v) is 5.97. The van der Waals surface area contributed by atoms with E-state index in [9.17, 15) is 10.1 Å². The molecule has 0 saturated carbocycles. The molecule has 2 aromatic rings. The van der Waals surface area contributed by atoms with Crippen molar-refractivity contribution in [1.82, 2.24) is 15.5 Å². The van der Waals surface area contributed by atoms with Crippen molar-refractivity contribution < 1.29 is 14.1 Å². The highest BCUT2D eigenvalue weighted by atomic mass is 16.5.